The normalized spacial score (nSPS) is 18.1. The first-order valence-corrected chi connectivity index (χ1v) is 21.9. The van der Waals surface area contributed by atoms with Gasteiger partial charge in [0.05, 0.1) is 18.8 Å². The molecule has 3 heterocycles. The molecule has 2 fully saturated rings. The zero-order chi connectivity index (χ0) is 42.6. The molecule has 17 nitrogen and oxygen atoms in total. The van der Waals surface area contributed by atoms with Crippen molar-refractivity contribution in [3.05, 3.63) is 102 Å². The third-order valence-corrected chi connectivity index (χ3v) is 11.8. The lowest BCUT2D eigenvalue weighted by Crippen LogP contribution is -2.55. The first-order valence-electron chi connectivity index (χ1n) is 20.0. The van der Waals surface area contributed by atoms with Crippen LogP contribution in [0.3, 0.4) is 0 Å². The zero-order valence-corrected chi connectivity index (χ0v) is 34.3. The van der Waals surface area contributed by atoms with Crippen LogP contribution in [0.4, 0.5) is 9.59 Å². The molecule has 18 heteroatoms. The highest BCUT2D eigenvalue weighted by Gasteiger charge is 2.45. The number of aryl methyl sites for hydroxylation is 1. The van der Waals surface area contributed by atoms with E-state index in [1.807, 2.05) is 48.5 Å². The van der Waals surface area contributed by atoms with E-state index >= 15 is 0 Å². The number of hydrogen-bond acceptors (Lipinski definition) is 12. The van der Waals surface area contributed by atoms with Gasteiger partial charge >= 0.3 is 12.2 Å². The van der Waals surface area contributed by atoms with Gasteiger partial charge in [-0.1, -0.05) is 72.8 Å². The summed E-state index contributed by atoms with van der Waals surface area (Å²) in [6.07, 6.45) is 0.246. The monoisotopic (exact) mass is 845 g/mol. The van der Waals surface area contributed by atoms with Crippen LogP contribution in [0.1, 0.15) is 53.9 Å². The Labute approximate surface area is 348 Å². The Balaban J connectivity index is 1.23. The van der Waals surface area contributed by atoms with E-state index in [0.717, 1.165) is 17.4 Å². The number of nitrogens with one attached hydrogen (secondary N) is 2. The number of likely N-dealkylation sites (tertiary alicyclic amines) is 1. The van der Waals surface area contributed by atoms with Crippen molar-refractivity contribution in [3.63, 3.8) is 0 Å². The smallest absolute Gasteiger partial charge is 0.410 e. The first-order chi connectivity index (χ1) is 28.9. The number of aromatic nitrogens is 1. The van der Waals surface area contributed by atoms with Crippen molar-refractivity contribution in [2.45, 2.75) is 69.4 Å². The molecular weight excluding hydrogens is 795 g/mol. The van der Waals surface area contributed by atoms with Crippen LogP contribution in [0, 0.1) is 0 Å². The number of nitrogens with two attached hydrogens (primary N) is 1. The summed E-state index contributed by atoms with van der Waals surface area (Å²) < 4.78 is 42.5. The van der Waals surface area contributed by atoms with Crippen molar-refractivity contribution in [1.29, 1.82) is 0 Å². The molecule has 0 aliphatic carbocycles. The number of ether oxygens (including phenoxy) is 2. The van der Waals surface area contributed by atoms with E-state index in [4.69, 9.17) is 19.6 Å². The van der Waals surface area contributed by atoms with Gasteiger partial charge in [-0.15, -0.1) is 0 Å². The van der Waals surface area contributed by atoms with Gasteiger partial charge in [0, 0.05) is 32.6 Å². The van der Waals surface area contributed by atoms with Gasteiger partial charge in [0.2, 0.25) is 27.6 Å². The van der Waals surface area contributed by atoms with Crippen molar-refractivity contribution in [2.24, 2.45) is 5.73 Å². The molecule has 4 atom stereocenters. The molecule has 0 bridgehead atoms. The molecule has 3 aromatic carbocycles. The molecule has 1 aromatic heterocycles. The van der Waals surface area contributed by atoms with Gasteiger partial charge < -0.3 is 40.1 Å². The number of fused-ring (bicyclic) bond motifs is 1. The van der Waals surface area contributed by atoms with E-state index in [9.17, 15) is 32.4 Å². The third kappa shape index (κ3) is 11.7. The average molecular weight is 846 g/mol. The number of sulfonamides is 1. The van der Waals surface area contributed by atoms with Gasteiger partial charge in [-0.3, -0.25) is 14.4 Å². The Morgan fingerprint density at radius 3 is 2.18 bits per heavy atom. The number of alkyl carbamates (subject to hydrolysis) is 1. The molecule has 0 spiro atoms. The van der Waals surface area contributed by atoms with Crippen LogP contribution in [-0.4, -0.2) is 127 Å². The zero-order valence-electron chi connectivity index (χ0n) is 33.4. The summed E-state index contributed by atoms with van der Waals surface area (Å²) in [4.78, 5) is 76.6. The van der Waals surface area contributed by atoms with E-state index < -0.39 is 64.0 Å². The number of piperazine rings is 1. The lowest BCUT2D eigenvalue weighted by atomic mass is 10.0. The molecule has 4 amide bonds. The number of carbonyl (C=O) groups excluding carboxylic acids is 5. The number of hydrogen-bond donors (Lipinski definition) is 3. The highest BCUT2D eigenvalue weighted by atomic mass is 32.2. The van der Waals surface area contributed by atoms with Gasteiger partial charge in [0.25, 0.3) is 5.89 Å². The number of amides is 4. The maximum absolute atomic E-state index is 14.7. The largest absolute Gasteiger partial charge is 0.445 e. The summed E-state index contributed by atoms with van der Waals surface area (Å²) in [7, 11) is -3.45. The van der Waals surface area contributed by atoms with Crippen molar-refractivity contribution in [3.8, 4) is 0 Å². The Morgan fingerprint density at radius 1 is 0.850 bits per heavy atom. The van der Waals surface area contributed by atoms with E-state index in [1.54, 1.807) is 36.4 Å². The van der Waals surface area contributed by atoms with Crippen molar-refractivity contribution in [1.82, 2.24) is 29.7 Å². The molecule has 2 aliphatic rings. The second-order valence-electron chi connectivity index (χ2n) is 14.9. The standard InChI is InChI=1S/C42H51N7O10S/c1-60(55,56)48-24-22-47(23-25-48)42(54)58-31-26-35(38(51)44-33(17-10-11-21-43)37(50)39-45-32-16-8-9-18-36(32)59-39)49(27-31)40(52)34(20-19-29-12-4-2-5-13-29)46-41(53)57-28-30-14-6-3-7-15-30/h2-9,12-16,18,31,33-35H,10-11,17,19-28,43H2,1H3,(H,44,51)(H,46,53)/t31-,33+,34-,35+/m1/s1. The first kappa shape index (κ1) is 43.7. The summed E-state index contributed by atoms with van der Waals surface area (Å²) >= 11 is 0. The predicted octanol–water partition coefficient (Wildman–Crippen LogP) is 3.24. The van der Waals surface area contributed by atoms with Crippen molar-refractivity contribution < 1.29 is 46.3 Å². The quantitative estimate of drug-likeness (QED) is 0.103. The molecule has 4 N–H and O–H groups in total. The van der Waals surface area contributed by atoms with Gasteiger partial charge in [-0.2, -0.15) is 4.31 Å². The van der Waals surface area contributed by atoms with Crippen molar-refractivity contribution in [2.75, 3.05) is 45.5 Å². The lowest BCUT2D eigenvalue weighted by Gasteiger charge is -2.33. The highest BCUT2D eigenvalue weighted by molar-refractivity contribution is 7.88. The molecule has 2 aliphatic heterocycles. The fourth-order valence-electron chi connectivity index (χ4n) is 7.27. The number of para-hydroxylation sites is 2. The third-order valence-electron chi connectivity index (χ3n) is 10.5. The van der Waals surface area contributed by atoms with E-state index in [-0.39, 0.29) is 64.5 Å². The molecule has 4 aromatic rings. The van der Waals surface area contributed by atoms with Gasteiger partial charge in [-0.25, -0.2) is 23.0 Å². The fraction of sp³-hybridized carbons (Fsp3) is 0.429. The topological polar surface area (TPSA) is 224 Å². The minimum atomic E-state index is -3.45. The summed E-state index contributed by atoms with van der Waals surface area (Å²) in [6, 6.07) is 21.8. The molecule has 320 valence electrons. The molecule has 2 saturated heterocycles. The van der Waals surface area contributed by atoms with Gasteiger partial charge in [0.1, 0.15) is 30.3 Å². The predicted molar refractivity (Wildman–Crippen MR) is 220 cm³/mol. The minimum absolute atomic E-state index is 0.0445. The summed E-state index contributed by atoms with van der Waals surface area (Å²) in [5.41, 5.74) is 8.28. The number of nitrogens with zero attached hydrogens (tertiary/aromatic N) is 4. The SMILES string of the molecule is CS(=O)(=O)N1CCN(C(=O)O[C@@H]2C[C@@H](C(=O)N[C@@H](CCCCN)C(=O)c3nc4ccccc4o3)N(C(=O)[C@@H](CCc3ccccc3)NC(=O)OCc3ccccc3)C2)CC1. The van der Waals surface area contributed by atoms with Gasteiger partial charge in [-0.05, 0) is 61.9 Å². The maximum atomic E-state index is 14.7. The second-order valence-corrected chi connectivity index (χ2v) is 16.9. The van der Waals surface area contributed by atoms with Crippen LogP contribution in [-0.2, 0) is 42.1 Å². The van der Waals surface area contributed by atoms with E-state index in [1.165, 1.54) is 14.1 Å². The van der Waals surface area contributed by atoms with Crippen molar-refractivity contribution >= 4 is 50.9 Å². The second kappa shape index (κ2) is 20.4. The maximum Gasteiger partial charge on any atom is 0.410 e. The van der Waals surface area contributed by atoms with Crippen LogP contribution in [0.5, 0.6) is 0 Å². The lowest BCUT2D eigenvalue weighted by molar-refractivity contribution is -0.140. The number of ketones is 1. The van der Waals surface area contributed by atoms with E-state index in [2.05, 4.69) is 15.6 Å². The van der Waals surface area contributed by atoms with Crippen LogP contribution in [0.2, 0.25) is 0 Å². The highest BCUT2D eigenvalue weighted by Crippen LogP contribution is 2.25. The molecule has 0 radical (unpaired) electrons. The van der Waals surface area contributed by atoms with Gasteiger partial charge in [0.15, 0.2) is 5.58 Å². The minimum Gasteiger partial charge on any atom is -0.445 e. The number of rotatable bonds is 17. The Kier molecular flexibility index (Phi) is 14.9. The molecule has 0 unspecified atom stereocenters. The van der Waals surface area contributed by atoms with Crippen LogP contribution >= 0.6 is 0 Å². The van der Waals surface area contributed by atoms with Crippen LogP contribution in [0.15, 0.2) is 89.3 Å². The number of carbonyl (C=O) groups is 5. The Hall–Kier alpha value is -5.85. The Morgan fingerprint density at radius 2 is 1.52 bits per heavy atom. The van der Waals surface area contributed by atoms with Crippen LogP contribution < -0.4 is 16.4 Å². The van der Waals surface area contributed by atoms with Crippen LogP contribution in [0.25, 0.3) is 11.1 Å². The molecule has 6 rings (SSSR count). The summed E-state index contributed by atoms with van der Waals surface area (Å²) in [5, 5.41) is 5.53. The number of unbranched alkanes of at least 4 members (excludes halogenated alkanes) is 1. The van der Waals surface area contributed by atoms with E-state index in [0.29, 0.717) is 36.9 Å². The fourth-order valence-corrected chi connectivity index (χ4v) is 8.10. The number of Topliss-reactive ketones (excluding diaryl/α,β-unsaturated/α-hetero) is 1. The Bertz CT molecular complexity index is 2180. The number of benzene rings is 3. The molecular formula is C42H51N7O10S. The molecule has 60 heavy (non-hydrogen) atoms. The summed E-state index contributed by atoms with van der Waals surface area (Å²) in [6.45, 7) is 0.465. The average Bonchev–Trinajstić information content (AvgIpc) is 3.89. The number of oxazole rings is 1. The summed E-state index contributed by atoms with van der Waals surface area (Å²) in [5.74, 6) is -2.05. The molecule has 0 saturated carbocycles.